The highest BCUT2D eigenvalue weighted by Gasteiger charge is 2.21. The fourth-order valence-electron chi connectivity index (χ4n) is 2.46. The Morgan fingerprint density at radius 1 is 1.33 bits per heavy atom. The molecule has 0 N–H and O–H groups in total. The van der Waals surface area contributed by atoms with Gasteiger partial charge in [0.25, 0.3) is 0 Å². The van der Waals surface area contributed by atoms with E-state index >= 15 is 0 Å². The van der Waals surface area contributed by atoms with Crippen molar-refractivity contribution in [2.24, 2.45) is 7.05 Å². The van der Waals surface area contributed by atoms with Crippen LogP contribution >= 0.6 is 23.4 Å². The summed E-state index contributed by atoms with van der Waals surface area (Å²) >= 11 is 7.44. The number of carbonyl (C=O) groups is 1. The first kappa shape index (κ1) is 16.8. The Balaban J connectivity index is 2.18. The fraction of sp³-hybridized carbons (Fsp3) is 0.235. The van der Waals surface area contributed by atoms with Gasteiger partial charge in [0.15, 0.2) is 5.65 Å². The molecule has 0 radical (unpaired) electrons. The maximum Gasteiger partial charge on any atom is 0.340 e. The summed E-state index contributed by atoms with van der Waals surface area (Å²) < 4.78 is 6.89. The Morgan fingerprint density at radius 2 is 2.04 bits per heavy atom. The van der Waals surface area contributed by atoms with Crippen LogP contribution in [-0.4, -0.2) is 27.3 Å². The molecule has 0 unspecified atom stereocenters. The number of rotatable bonds is 4. The smallest absolute Gasteiger partial charge is 0.340 e. The first-order valence-corrected chi connectivity index (χ1v) is 8.63. The lowest BCUT2D eigenvalue weighted by atomic mass is 10.2. The lowest BCUT2D eigenvalue weighted by Crippen LogP contribution is -2.07. The third kappa shape index (κ3) is 3.12. The summed E-state index contributed by atoms with van der Waals surface area (Å²) in [5.41, 5.74) is 2.00. The van der Waals surface area contributed by atoms with Crippen LogP contribution in [0.2, 0.25) is 5.02 Å². The van der Waals surface area contributed by atoms with Crippen molar-refractivity contribution in [2.75, 3.05) is 6.61 Å². The first-order chi connectivity index (χ1) is 11.5. The van der Waals surface area contributed by atoms with Crippen LogP contribution in [0.15, 0.2) is 40.3 Å². The molecule has 0 aliphatic heterocycles. The second-order valence-corrected chi connectivity index (χ2v) is 6.71. The van der Waals surface area contributed by atoms with Gasteiger partial charge in [-0.05, 0) is 38.1 Å². The molecule has 2 heterocycles. The summed E-state index contributed by atoms with van der Waals surface area (Å²) in [5, 5.41) is 5.95. The fourth-order valence-corrected chi connectivity index (χ4v) is 3.68. The number of halogens is 1. The Morgan fingerprint density at radius 3 is 2.71 bits per heavy atom. The summed E-state index contributed by atoms with van der Waals surface area (Å²) in [6.45, 7) is 4.00. The van der Waals surface area contributed by atoms with Crippen molar-refractivity contribution in [3.8, 4) is 0 Å². The number of aromatic nitrogens is 3. The van der Waals surface area contributed by atoms with Crippen molar-refractivity contribution in [3.05, 3.63) is 46.7 Å². The minimum absolute atomic E-state index is 0.313. The normalized spacial score (nSPS) is 11.0. The molecule has 124 valence electrons. The molecule has 0 saturated heterocycles. The van der Waals surface area contributed by atoms with Crippen LogP contribution in [0.1, 0.15) is 23.0 Å². The van der Waals surface area contributed by atoms with Gasteiger partial charge in [-0.2, -0.15) is 5.10 Å². The molecule has 1 aromatic carbocycles. The van der Waals surface area contributed by atoms with Crippen LogP contribution in [0, 0.1) is 6.92 Å². The number of hydrogen-bond acceptors (Lipinski definition) is 5. The SMILES string of the molecule is CCOC(=O)c1cnc2c(c(C)nn2C)c1Sc1ccc(Cl)cc1. The summed E-state index contributed by atoms with van der Waals surface area (Å²) in [4.78, 5) is 18.5. The van der Waals surface area contributed by atoms with E-state index in [4.69, 9.17) is 16.3 Å². The molecule has 5 nitrogen and oxygen atoms in total. The molecule has 0 amide bonds. The van der Waals surface area contributed by atoms with Crippen molar-refractivity contribution in [2.45, 2.75) is 23.6 Å². The number of benzene rings is 1. The van der Waals surface area contributed by atoms with Crippen molar-refractivity contribution >= 4 is 40.4 Å². The maximum atomic E-state index is 12.3. The van der Waals surface area contributed by atoms with Gasteiger partial charge in [0.05, 0.1) is 23.3 Å². The van der Waals surface area contributed by atoms with Crippen molar-refractivity contribution in [1.29, 1.82) is 0 Å². The predicted octanol–water partition coefficient (Wildman–Crippen LogP) is 4.26. The molecule has 24 heavy (non-hydrogen) atoms. The van der Waals surface area contributed by atoms with E-state index in [1.807, 2.05) is 38.2 Å². The largest absolute Gasteiger partial charge is 0.462 e. The molecular formula is C17H16ClN3O2S. The zero-order valence-electron chi connectivity index (χ0n) is 13.5. The Bertz CT molecular complexity index is 906. The van der Waals surface area contributed by atoms with Crippen LogP contribution < -0.4 is 0 Å². The highest BCUT2D eigenvalue weighted by molar-refractivity contribution is 7.99. The van der Waals surface area contributed by atoms with Gasteiger partial charge >= 0.3 is 5.97 Å². The van der Waals surface area contributed by atoms with E-state index < -0.39 is 0 Å². The summed E-state index contributed by atoms with van der Waals surface area (Å²) in [7, 11) is 1.84. The molecule has 0 fully saturated rings. The monoisotopic (exact) mass is 361 g/mol. The van der Waals surface area contributed by atoms with E-state index in [-0.39, 0.29) is 5.97 Å². The van der Waals surface area contributed by atoms with Gasteiger partial charge in [0.1, 0.15) is 0 Å². The van der Waals surface area contributed by atoms with Gasteiger partial charge in [-0.1, -0.05) is 23.4 Å². The molecule has 0 bridgehead atoms. The van der Waals surface area contributed by atoms with Crippen LogP contribution in [0.5, 0.6) is 0 Å². The topological polar surface area (TPSA) is 57.0 Å². The minimum Gasteiger partial charge on any atom is -0.462 e. The summed E-state index contributed by atoms with van der Waals surface area (Å²) in [6, 6.07) is 7.48. The third-order valence-corrected chi connectivity index (χ3v) is 4.90. The zero-order valence-corrected chi connectivity index (χ0v) is 15.1. The van der Waals surface area contributed by atoms with Crippen LogP contribution in [-0.2, 0) is 11.8 Å². The number of aryl methyl sites for hydroxylation is 2. The highest BCUT2D eigenvalue weighted by atomic mass is 35.5. The average molecular weight is 362 g/mol. The van der Waals surface area contributed by atoms with Gasteiger partial charge in [-0.15, -0.1) is 0 Å². The van der Waals surface area contributed by atoms with Gasteiger partial charge in [-0.25, -0.2) is 9.78 Å². The van der Waals surface area contributed by atoms with Gasteiger partial charge in [0.2, 0.25) is 0 Å². The quantitative estimate of drug-likeness (QED) is 0.650. The van der Waals surface area contributed by atoms with E-state index in [1.54, 1.807) is 17.8 Å². The molecule has 0 aliphatic carbocycles. The van der Waals surface area contributed by atoms with E-state index in [1.165, 1.54) is 11.8 Å². The Labute approximate surface area is 149 Å². The predicted molar refractivity (Wildman–Crippen MR) is 94.8 cm³/mol. The number of pyridine rings is 1. The van der Waals surface area contributed by atoms with Crippen molar-refractivity contribution in [1.82, 2.24) is 14.8 Å². The number of hydrogen-bond donors (Lipinski definition) is 0. The molecule has 2 aromatic heterocycles. The second-order valence-electron chi connectivity index (χ2n) is 5.19. The van der Waals surface area contributed by atoms with Crippen molar-refractivity contribution in [3.63, 3.8) is 0 Å². The molecular weight excluding hydrogens is 346 g/mol. The van der Waals surface area contributed by atoms with Gasteiger partial charge < -0.3 is 4.74 Å². The highest BCUT2D eigenvalue weighted by Crippen LogP contribution is 2.37. The van der Waals surface area contributed by atoms with Crippen LogP contribution in [0.25, 0.3) is 11.0 Å². The lowest BCUT2D eigenvalue weighted by molar-refractivity contribution is 0.0522. The van der Waals surface area contributed by atoms with E-state index in [9.17, 15) is 4.79 Å². The third-order valence-electron chi connectivity index (χ3n) is 3.51. The number of ether oxygens (including phenoxy) is 1. The van der Waals surface area contributed by atoms with Crippen molar-refractivity contribution < 1.29 is 9.53 Å². The number of fused-ring (bicyclic) bond motifs is 1. The van der Waals surface area contributed by atoms with Gasteiger partial charge in [0, 0.05) is 28.1 Å². The average Bonchev–Trinajstić information content (AvgIpc) is 2.85. The second kappa shape index (κ2) is 6.83. The van der Waals surface area contributed by atoms with Crippen LogP contribution in [0.4, 0.5) is 0 Å². The minimum atomic E-state index is -0.383. The number of nitrogens with zero attached hydrogens (tertiary/aromatic N) is 3. The van der Waals surface area contributed by atoms with E-state index in [2.05, 4.69) is 10.1 Å². The lowest BCUT2D eigenvalue weighted by Gasteiger charge is -2.10. The number of esters is 1. The molecule has 3 aromatic rings. The number of carbonyl (C=O) groups excluding carboxylic acids is 1. The molecule has 0 spiro atoms. The molecule has 0 saturated carbocycles. The molecule has 0 aliphatic rings. The molecule has 3 rings (SSSR count). The standard InChI is InChI=1S/C17H16ClN3O2S/c1-4-23-17(22)13-9-19-16-14(10(2)20-21(16)3)15(13)24-12-7-5-11(18)6-8-12/h5-9H,4H2,1-3H3. The Hall–Kier alpha value is -2.05. The maximum absolute atomic E-state index is 12.3. The first-order valence-electron chi connectivity index (χ1n) is 7.44. The zero-order chi connectivity index (χ0) is 17.3. The molecule has 7 heteroatoms. The van der Waals surface area contributed by atoms with Gasteiger partial charge in [-0.3, -0.25) is 4.68 Å². The van der Waals surface area contributed by atoms with E-state index in [0.29, 0.717) is 17.2 Å². The summed E-state index contributed by atoms with van der Waals surface area (Å²) in [5.74, 6) is -0.383. The van der Waals surface area contributed by atoms with Crippen LogP contribution in [0.3, 0.4) is 0 Å². The summed E-state index contributed by atoms with van der Waals surface area (Å²) in [6.07, 6.45) is 1.56. The van der Waals surface area contributed by atoms with E-state index in [0.717, 1.165) is 26.5 Å². The molecule has 0 atom stereocenters. The Kier molecular flexibility index (Phi) is 4.78.